The van der Waals surface area contributed by atoms with E-state index in [0.717, 1.165) is 12.0 Å². The van der Waals surface area contributed by atoms with Gasteiger partial charge in [0, 0.05) is 17.0 Å². The highest BCUT2D eigenvalue weighted by molar-refractivity contribution is 7.10. The molecule has 1 fully saturated rings. The molecule has 1 aromatic rings. The first-order valence-corrected chi connectivity index (χ1v) is 8.70. The number of hydrogen-bond acceptors (Lipinski definition) is 2. The van der Waals surface area contributed by atoms with Crippen LogP contribution in [0.5, 0.6) is 0 Å². The van der Waals surface area contributed by atoms with Gasteiger partial charge in [0.25, 0.3) is 0 Å². The standard InChI is InChI=1S/C17H29NS/c1-5-17(3,4)14-8-10-15(11-9-14)18-13(2)16-7-6-12-19-16/h6-7,12-15,18H,5,8-11H2,1-4H3/t13-,14?,15?/m0/s1. The second-order valence-corrected chi connectivity index (χ2v) is 7.77. The van der Waals surface area contributed by atoms with Crippen LogP contribution in [-0.4, -0.2) is 6.04 Å². The lowest BCUT2D eigenvalue weighted by Gasteiger charge is -2.39. The van der Waals surface area contributed by atoms with Gasteiger partial charge in [0.15, 0.2) is 0 Å². The molecule has 0 aliphatic heterocycles. The molecule has 1 aromatic heterocycles. The molecule has 2 rings (SSSR count). The Balaban J connectivity index is 1.81. The molecule has 0 spiro atoms. The van der Waals surface area contributed by atoms with Crippen molar-refractivity contribution >= 4 is 11.3 Å². The molecule has 1 aliphatic rings. The van der Waals surface area contributed by atoms with Gasteiger partial charge in [0.1, 0.15) is 0 Å². The van der Waals surface area contributed by atoms with Gasteiger partial charge < -0.3 is 5.32 Å². The number of nitrogens with one attached hydrogen (secondary N) is 1. The van der Waals surface area contributed by atoms with Crippen LogP contribution in [0.15, 0.2) is 17.5 Å². The van der Waals surface area contributed by atoms with Crippen LogP contribution in [0.3, 0.4) is 0 Å². The maximum Gasteiger partial charge on any atom is 0.0388 e. The average Bonchev–Trinajstić information content (AvgIpc) is 2.93. The highest BCUT2D eigenvalue weighted by Gasteiger charge is 2.32. The molecule has 0 radical (unpaired) electrons. The first-order chi connectivity index (χ1) is 9.03. The van der Waals surface area contributed by atoms with Crippen LogP contribution in [0.1, 0.15) is 70.7 Å². The Labute approximate surface area is 122 Å². The minimum Gasteiger partial charge on any atom is -0.307 e. The normalized spacial score (nSPS) is 26.3. The van der Waals surface area contributed by atoms with Gasteiger partial charge in [-0.15, -0.1) is 11.3 Å². The van der Waals surface area contributed by atoms with E-state index in [1.54, 1.807) is 0 Å². The summed E-state index contributed by atoms with van der Waals surface area (Å²) in [4.78, 5) is 1.47. The maximum absolute atomic E-state index is 3.82. The number of rotatable bonds is 5. The predicted octanol–water partition coefficient (Wildman–Crippen LogP) is 5.39. The van der Waals surface area contributed by atoms with Crippen molar-refractivity contribution < 1.29 is 0 Å². The van der Waals surface area contributed by atoms with Gasteiger partial charge in [-0.05, 0) is 55.4 Å². The summed E-state index contributed by atoms with van der Waals surface area (Å²) in [6, 6.07) is 5.63. The zero-order valence-electron chi connectivity index (χ0n) is 12.9. The Morgan fingerprint density at radius 2 is 2.00 bits per heavy atom. The summed E-state index contributed by atoms with van der Waals surface area (Å²) in [5.74, 6) is 0.924. The Morgan fingerprint density at radius 3 is 2.53 bits per heavy atom. The Kier molecular flexibility index (Phi) is 5.08. The van der Waals surface area contributed by atoms with Crippen molar-refractivity contribution in [3.05, 3.63) is 22.4 Å². The molecule has 108 valence electrons. The van der Waals surface area contributed by atoms with Crippen molar-refractivity contribution in [2.75, 3.05) is 0 Å². The second-order valence-electron chi connectivity index (χ2n) is 6.79. The lowest BCUT2D eigenvalue weighted by molar-refractivity contribution is 0.134. The van der Waals surface area contributed by atoms with Gasteiger partial charge in [0.2, 0.25) is 0 Å². The van der Waals surface area contributed by atoms with E-state index in [4.69, 9.17) is 0 Å². The summed E-state index contributed by atoms with van der Waals surface area (Å²) in [7, 11) is 0. The fraction of sp³-hybridized carbons (Fsp3) is 0.765. The summed E-state index contributed by atoms with van der Waals surface area (Å²) < 4.78 is 0. The van der Waals surface area contributed by atoms with Crippen molar-refractivity contribution in [1.82, 2.24) is 5.32 Å². The molecular weight excluding hydrogens is 250 g/mol. The van der Waals surface area contributed by atoms with Crippen LogP contribution in [-0.2, 0) is 0 Å². The molecule has 1 saturated carbocycles. The zero-order valence-corrected chi connectivity index (χ0v) is 13.7. The fourth-order valence-electron chi connectivity index (χ4n) is 3.30. The van der Waals surface area contributed by atoms with Crippen molar-refractivity contribution in [3.8, 4) is 0 Å². The third-order valence-corrected chi connectivity index (χ3v) is 6.25. The van der Waals surface area contributed by atoms with E-state index in [9.17, 15) is 0 Å². The maximum atomic E-state index is 3.82. The number of thiophene rings is 1. The largest absolute Gasteiger partial charge is 0.307 e. The Bertz CT molecular complexity index is 361. The van der Waals surface area contributed by atoms with Gasteiger partial charge >= 0.3 is 0 Å². The Hall–Kier alpha value is -0.340. The quantitative estimate of drug-likeness (QED) is 0.761. The van der Waals surface area contributed by atoms with Crippen molar-refractivity contribution in [3.63, 3.8) is 0 Å². The first-order valence-electron chi connectivity index (χ1n) is 7.82. The van der Waals surface area contributed by atoms with Crippen molar-refractivity contribution in [1.29, 1.82) is 0 Å². The van der Waals surface area contributed by atoms with Crippen LogP contribution in [0.25, 0.3) is 0 Å². The summed E-state index contributed by atoms with van der Waals surface area (Å²) in [5, 5.41) is 6.00. The molecule has 1 nitrogen and oxygen atoms in total. The van der Waals surface area contributed by atoms with E-state index < -0.39 is 0 Å². The van der Waals surface area contributed by atoms with Gasteiger partial charge in [-0.2, -0.15) is 0 Å². The topological polar surface area (TPSA) is 12.0 Å². The van der Waals surface area contributed by atoms with Crippen molar-refractivity contribution in [2.45, 2.75) is 71.9 Å². The van der Waals surface area contributed by atoms with Gasteiger partial charge in [-0.3, -0.25) is 0 Å². The van der Waals surface area contributed by atoms with E-state index in [1.807, 2.05) is 11.3 Å². The predicted molar refractivity (Wildman–Crippen MR) is 85.7 cm³/mol. The minimum absolute atomic E-state index is 0.515. The molecule has 1 aliphatic carbocycles. The third-order valence-electron chi connectivity index (χ3n) is 5.20. The van der Waals surface area contributed by atoms with Gasteiger partial charge in [0.05, 0.1) is 0 Å². The third kappa shape index (κ3) is 3.82. The van der Waals surface area contributed by atoms with E-state index >= 15 is 0 Å². The summed E-state index contributed by atoms with van der Waals surface area (Å²) in [6.45, 7) is 9.52. The smallest absolute Gasteiger partial charge is 0.0388 e. The van der Waals surface area contributed by atoms with Crippen LogP contribution in [0.4, 0.5) is 0 Å². The SMILES string of the molecule is CCC(C)(C)C1CCC(N[C@@H](C)c2cccs2)CC1. The van der Waals surface area contributed by atoms with Gasteiger partial charge in [-0.25, -0.2) is 0 Å². The molecule has 19 heavy (non-hydrogen) atoms. The molecule has 0 unspecified atom stereocenters. The van der Waals surface area contributed by atoms with Crippen LogP contribution in [0, 0.1) is 11.3 Å². The van der Waals surface area contributed by atoms with Crippen LogP contribution in [0.2, 0.25) is 0 Å². The highest BCUT2D eigenvalue weighted by Crippen LogP contribution is 2.40. The highest BCUT2D eigenvalue weighted by atomic mass is 32.1. The lowest BCUT2D eigenvalue weighted by atomic mass is 9.69. The lowest BCUT2D eigenvalue weighted by Crippen LogP contribution is -2.37. The Morgan fingerprint density at radius 1 is 1.32 bits per heavy atom. The summed E-state index contributed by atoms with van der Waals surface area (Å²) in [5.41, 5.74) is 0.532. The molecular formula is C17H29NS. The molecule has 0 amide bonds. The van der Waals surface area contributed by atoms with E-state index in [2.05, 4.69) is 50.5 Å². The van der Waals surface area contributed by atoms with Crippen molar-refractivity contribution in [2.24, 2.45) is 11.3 Å². The minimum atomic E-state index is 0.515. The van der Waals surface area contributed by atoms with Gasteiger partial charge in [-0.1, -0.05) is 33.3 Å². The molecule has 1 N–H and O–H groups in total. The van der Waals surface area contributed by atoms with E-state index in [1.165, 1.54) is 37.0 Å². The monoisotopic (exact) mass is 279 g/mol. The van der Waals surface area contributed by atoms with Crippen LogP contribution < -0.4 is 5.32 Å². The van der Waals surface area contributed by atoms with E-state index in [-0.39, 0.29) is 0 Å². The first kappa shape index (κ1) is 15.1. The average molecular weight is 279 g/mol. The molecule has 0 bridgehead atoms. The molecule has 2 heteroatoms. The van der Waals surface area contributed by atoms with Crippen LogP contribution >= 0.6 is 11.3 Å². The zero-order chi connectivity index (χ0) is 13.9. The molecule has 0 saturated heterocycles. The summed E-state index contributed by atoms with van der Waals surface area (Å²) in [6.07, 6.45) is 6.81. The fourth-order valence-corrected chi connectivity index (χ4v) is 4.05. The number of hydrogen-bond donors (Lipinski definition) is 1. The molecule has 1 heterocycles. The van der Waals surface area contributed by atoms with E-state index in [0.29, 0.717) is 11.5 Å². The summed E-state index contributed by atoms with van der Waals surface area (Å²) >= 11 is 1.87. The molecule has 0 aromatic carbocycles. The second kappa shape index (κ2) is 6.41. The molecule has 1 atom stereocenters.